The van der Waals surface area contributed by atoms with Gasteiger partial charge in [-0.25, -0.2) is 9.18 Å². The molecule has 4 rings (SSSR count). The number of ether oxygens (including phenoxy) is 1. The minimum Gasteiger partial charge on any atom is -0.438 e. The number of fused-ring (bicyclic) bond motifs is 1. The van der Waals surface area contributed by atoms with Crippen LogP contribution in [0.5, 0.6) is 0 Å². The van der Waals surface area contributed by atoms with Crippen LogP contribution in [0.1, 0.15) is 47.3 Å². The van der Waals surface area contributed by atoms with Crippen molar-refractivity contribution in [1.82, 2.24) is 25.0 Å². The van der Waals surface area contributed by atoms with E-state index in [9.17, 15) is 14.0 Å². The topological polar surface area (TPSA) is 103 Å². The molecule has 0 aliphatic carbocycles. The number of aromatic amines is 1. The predicted octanol–water partition coefficient (Wildman–Crippen LogP) is 3.69. The Morgan fingerprint density at radius 2 is 1.97 bits per heavy atom. The molecular formula is C24H27FN6O3. The van der Waals surface area contributed by atoms with Crippen LogP contribution in [0.4, 0.5) is 15.0 Å². The molecule has 34 heavy (non-hydrogen) atoms. The molecule has 1 aromatic carbocycles. The molecule has 2 amide bonds. The Morgan fingerprint density at radius 3 is 2.62 bits per heavy atom. The molecule has 178 valence electrons. The van der Waals surface area contributed by atoms with Gasteiger partial charge >= 0.3 is 6.09 Å². The van der Waals surface area contributed by atoms with Gasteiger partial charge in [-0.05, 0) is 64.3 Å². The maximum atomic E-state index is 13.3. The third-order valence-corrected chi connectivity index (χ3v) is 5.82. The molecular weight excluding hydrogens is 439 g/mol. The number of hydrogen-bond acceptors (Lipinski definition) is 6. The summed E-state index contributed by atoms with van der Waals surface area (Å²) in [5, 5.41) is 9.93. The fourth-order valence-corrected chi connectivity index (χ4v) is 3.97. The molecule has 1 atom stereocenters. The maximum Gasteiger partial charge on any atom is 0.411 e. The van der Waals surface area contributed by atoms with E-state index in [0.29, 0.717) is 34.9 Å². The van der Waals surface area contributed by atoms with Gasteiger partial charge in [0.1, 0.15) is 5.82 Å². The largest absolute Gasteiger partial charge is 0.438 e. The first-order valence-electron chi connectivity index (χ1n) is 10.9. The minimum absolute atomic E-state index is 0.202. The van der Waals surface area contributed by atoms with Crippen molar-refractivity contribution in [1.29, 1.82) is 0 Å². The minimum atomic E-state index is -0.745. The molecule has 0 bridgehead atoms. The van der Waals surface area contributed by atoms with E-state index in [1.807, 2.05) is 51.0 Å². The van der Waals surface area contributed by atoms with Gasteiger partial charge in [0.05, 0.1) is 23.5 Å². The highest BCUT2D eigenvalue weighted by atomic mass is 19.1. The Hall–Kier alpha value is -3.79. The zero-order valence-corrected chi connectivity index (χ0v) is 19.5. The predicted molar refractivity (Wildman–Crippen MR) is 124 cm³/mol. The van der Waals surface area contributed by atoms with E-state index in [1.54, 1.807) is 11.1 Å². The molecule has 1 aliphatic rings. The fourth-order valence-electron chi connectivity index (χ4n) is 3.97. The number of nitrogens with zero attached hydrogens (tertiary/aromatic N) is 4. The summed E-state index contributed by atoms with van der Waals surface area (Å²) in [5.41, 5.74) is 1.62. The normalized spacial score (nSPS) is 15.2. The highest BCUT2D eigenvalue weighted by Crippen LogP contribution is 2.41. The van der Waals surface area contributed by atoms with Crippen molar-refractivity contribution in [3.05, 3.63) is 77.0 Å². The number of benzene rings is 1. The van der Waals surface area contributed by atoms with Crippen LogP contribution >= 0.6 is 0 Å². The van der Waals surface area contributed by atoms with Crippen LogP contribution in [0.2, 0.25) is 0 Å². The van der Waals surface area contributed by atoms with Crippen molar-refractivity contribution >= 4 is 17.8 Å². The number of H-pyrrole nitrogens is 1. The molecule has 3 heterocycles. The van der Waals surface area contributed by atoms with E-state index in [1.165, 1.54) is 24.3 Å². The molecule has 0 fully saturated rings. The Labute approximate surface area is 196 Å². The van der Waals surface area contributed by atoms with Gasteiger partial charge in [0.2, 0.25) is 0 Å². The summed E-state index contributed by atoms with van der Waals surface area (Å²) in [5.74, 6) is -0.525. The second-order valence-electron chi connectivity index (χ2n) is 8.92. The smallest absolute Gasteiger partial charge is 0.411 e. The zero-order valence-electron chi connectivity index (χ0n) is 19.5. The van der Waals surface area contributed by atoms with Crippen molar-refractivity contribution in [3.63, 3.8) is 0 Å². The number of rotatable bonds is 6. The van der Waals surface area contributed by atoms with Crippen LogP contribution < -0.4 is 5.32 Å². The quantitative estimate of drug-likeness (QED) is 0.574. The third kappa shape index (κ3) is 4.62. The van der Waals surface area contributed by atoms with Gasteiger partial charge in [0.25, 0.3) is 5.91 Å². The summed E-state index contributed by atoms with van der Waals surface area (Å²) in [7, 11) is 3.80. The van der Waals surface area contributed by atoms with E-state index in [2.05, 4.69) is 20.5 Å². The van der Waals surface area contributed by atoms with Crippen molar-refractivity contribution in [2.75, 3.05) is 26.0 Å². The zero-order chi connectivity index (χ0) is 24.5. The van der Waals surface area contributed by atoms with Crippen LogP contribution in [0.15, 0.2) is 48.7 Å². The number of anilines is 1. The molecule has 9 nitrogen and oxygen atoms in total. The molecule has 2 aromatic heterocycles. The number of likely N-dealkylation sites (N-methyl/N-ethyl adjacent to an activating group) is 1. The van der Waals surface area contributed by atoms with Gasteiger partial charge in [-0.15, -0.1) is 0 Å². The molecule has 0 saturated heterocycles. The molecule has 0 radical (unpaired) electrons. The van der Waals surface area contributed by atoms with Crippen LogP contribution in [-0.4, -0.2) is 57.6 Å². The molecule has 0 spiro atoms. The third-order valence-electron chi connectivity index (χ3n) is 5.82. The van der Waals surface area contributed by atoms with Crippen LogP contribution in [0, 0.1) is 5.82 Å². The van der Waals surface area contributed by atoms with Crippen molar-refractivity contribution in [2.45, 2.75) is 32.0 Å². The summed E-state index contributed by atoms with van der Waals surface area (Å²) in [6.45, 7) is 4.44. The standard InChI is InChI=1S/C24H27FN6O3/c1-24(2)20-17(21(29-28-20)27-22(32)15-8-10-16(25)11-9-15)13-31(24)23(33)34-19(14-30(3)4)18-7-5-6-12-26-18/h5-12,19H,13-14H2,1-4H3,(H2,27,28,29,32). The summed E-state index contributed by atoms with van der Waals surface area (Å²) < 4.78 is 19.1. The number of amides is 2. The summed E-state index contributed by atoms with van der Waals surface area (Å²) in [6, 6.07) is 10.7. The summed E-state index contributed by atoms with van der Waals surface area (Å²) >= 11 is 0. The van der Waals surface area contributed by atoms with E-state index >= 15 is 0 Å². The number of halogens is 1. The average Bonchev–Trinajstić information content (AvgIpc) is 3.32. The van der Waals surface area contributed by atoms with Crippen LogP contribution in [0.3, 0.4) is 0 Å². The van der Waals surface area contributed by atoms with E-state index in [0.717, 1.165) is 0 Å². The number of carbonyl (C=O) groups excluding carboxylic acids is 2. The van der Waals surface area contributed by atoms with Crippen molar-refractivity contribution < 1.29 is 18.7 Å². The fraction of sp³-hybridized carbons (Fsp3) is 0.333. The maximum absolute atomic E-state index is 13.3. The highest BCUT2D eigenvalue weighted by Gasteiger charge is 2.45. The first kappa shape index (κ1) is 23.4. The number of aromatic nitrogens is 3. The molecule has 10 heteroatoms. The highest BCUT2D eigenvalue weighted by molar-refractivity contribution is 6.04. The summed E-state index contributed by atoms with van der Waals surface area (Å²) in [4.78, 5) is 33.7. The molecule has 0 saturated carbocycles. The Balaban J connectivity index is 1.52. The monoisotopic (exact) mass is 466 g/mol. The Bertz CT molecular complexity index is 1180. The van der Waals surface area contributed by atoms with E-state index < -0.39 is 29.5 Å². The second kappa shape index (κ2) is 9.22. The average molecular weight is 467 g/mol. The number of hydrogen-bond donors (Lipinski definition) is 2. The second-order valence-corrected chi connectivity index (χ2v) is 8.92. The van der Waals surface area contributed by atoms with E-state index in [-0.39, 0.29) is 6.54 Å². The van der Waals surface area contributed by atoms with Gasteiger partial charge in [-0.3, -0.25) is 19.8 Å². The lowest BCUT2D eigenvalue weighted by atomic mass is 10.0. The number of carbonyl (C=O) groups is 2. The Kier molecular flexibility index (Phi) is 6.34. The first-order chi connectivity index (χ1) is 16.2. The van der Waals surface area contributed by atoms with Gasteiger partial charge in [0.15, 0.2) is 11.9 Å². The van der Waals surface area contributed by atoms with Gasteiger partial charge in [-0.1, -0.05) is 6.07 Å². The number of nitrogens with one attached hydrogen (secondary N) is 2. The van der Waals surface area contributed by atoms with E-state index in [4.69, 9.17) is 4.74 Å². The lowest BCUT2D eigenvalue weighted by Gasteiger charge is -2.32. The lowest BCUT2D eigenvalue weighted by Crippen LogP contribution is -2.42. The molecule has 1 unspecified atom stereocenters. The lowest BCUT2D eigenvalue weighted by molar-refractivity contribution is 0.0244. The van der Waals surface area contributed by atoms with Gasteiger partial charge in [0, 0.05) is 23.9 Å². The SMILES string of the molecule is CN(C)CC(OC(=O)N1Cc2c(NC(=O)c3ccc(F)cc3)n[nH]c2C1(C)C)c1ccccn1. The van der Waals surface area contributed by atoms with Gasteiger partial charge < -0.3 is 15.0 Å². The van der Waals surface area contributed by atoms with Crippen LogP contribution in [0.25, 0.3) is 0 Å². The Morgan fingerprint density at radius 1 is 1.24 bits per heavy atom. The van der Waals surface area contributed by atoms with Gasteiger partial charge in [-0.2, -0.15) is 5.10 Å². The molecule has 2 N–H and O–H groups in total. The molecule has 3 aromatic rings. The molecule has 1 aliphatic heterocycles. The van der Waals surface area contributed by atoms with Crippen molar-refractivity contribution in [3.8, 4) is 0 Å². The van der Waals surface area contributed by atoms with Crippen LogP contribution in [-0.2, 0) is 16.8 Å². The van der Waals surface area contributed by atoms with Crippen molar-refractivity contribution in [2.24, 2.45) is 0 Å². The number of pyridine rings is 1. The summed E-state index contributed by atoms with van der Waals surface area (Å²) in [6.07, 6.45) is 0.621. The first-order valence-corrected chi connectivity index (χ1v) is 10.9.